The largest absolute Gasteiger partial charge is 0.486 e. The molecule has 3 heterocycles. The highest BCUT2D eigenvalue weighted by atomic mass is 32.1. The first-order valence-electron chi connectivity index (χ1n) is 8.24. The number of thiazole rings is 1. The second-order valence-electron chi connectivity index (χ2n) is 5.87. The van der Waals surface area contributed by atoms with Crippen molar-refractivity contribution in [3.05, 3.63) is 23.6 Å². The second kappa shape index (κ2) is 7.38. The summed E-state index contributed by atoms with van der Waals surface area (Å²) in [6.07, 6.45) is 0.374. The fourth-order valence-electron chi connectivity index (χ4n) is 2.81. The molecule has 1 amide bonds. The predicted octanol–water partition coefficient (Wildman–Crippen LogP) is 1.90. The van der Waals surface area contributed by atoms with Gasteiger partial charge in [-0.2, -0.15) is 0 Å². The van der Waals surface area contributed by atoms with Crippen LogP contribution in [0.3, 0.4) is 0 Å². The van der Waals surface area contributed by atoms with Crippen molar-refractivity contribution < 1.29 is 19.0 Å². The van der Waals surface area contributed by atoms with E-state index in [2.05, 4.69) is 15.6 Å². The Bertz CT molecular complexity index is 758. The number of nitrogens with zero attached hydrogens (tertiary/aromatic N) is 1. The molecule has 7 nitrogen and oxygen atoms in total. The van der Waals surface area contributed by atoms with E-state index in [0.717, 1.165) is 29.3 Å². The fourth-order valence-corrected chi connectivity index (χ4v) is 3.55. The average molecular weight is 361 g/mol. The summed E-state index contributed by atoms with van der Waals surface area (Å²) in [5, 5.41) is 8.63. The van der Waals surface area contributed by atoms with Gasteiger partial charge < -0.3 is 24.8 Å². The zero-order valence-electron chi connectivity index (χ0n) is 13.6. The van der Waals surface area contributed by atoms with Crippen molar-refractivity contribution in [2.75, 3.05) is 38.3 Å². The molecule has 25 heavy (non-hydrogen) atoms. The molecule has 8 heteroatoms. The van der Waals surface area contributed by atoms with E-state index in [1.165, 1.54) is 11.3 Å². The van der Waals surface area contributed by atoms with E-state index in [0.29, 0.717) is 38.0 Å². The number of rotatable bonds is 4. The summed E-state index contributed by atoms with van der Waals surface area (Å²) in [4.78, 5) is 16.6. The molecule has 0 spiro atoms. The van der Waals surface area contributed by atoms with Gasteiger partial charge in [0.05, 0.1) is 18.9 Å². The van der Waals surface area contributed by atoms with Crippen molar-refractivity contribution >= 4 is 22.4 Å². The number of fused-ring (bicyclic) bond motifs is 1. The van der Waals surface area contributed by atoms with Gasteiger partial charge in [-0.3, -0.25) is 4.79 Å². The van der Waals surface area contributed by atoms with Crippen molar-refractivity contribution in [3.63, 3.8) is 0 Å². The summed E-state index contributed by atoms with van der Waals surface area (Å²) < 4.78 is 16.5. The van der Waals surface area contributed by atoms with E-state index in [4.69, 9.17) is 14.2 Å². The molecule has 1 aromatic carbocycles. The van der Waals surface area contributed by atoms with E-state index in [9.17, 15) is 4.79 Å². The molecular weight excluding hydrogens is 342 g/mol. The fraction of sp³-hybridized carbons (Fsp3) is 0.412. The quantitative estimate of drug-likeness (QED) is 0.866. The Morgan fingerprint density at radius 2 is 2.16 bits per heavy atom. The number of nitrogens with one attached hydrogen (secondary N) is 2. The summed E-state index contributed by atoms with van der Waals surface area (Å²) in [7, 11) is 0. The van der Waals surface area contributed by atoms with E-state index < -0.39 is 0 Å². The van der Waals surface area contributed by atoms with Crippen LogP contribution in [0.2, 0.25) is 0 Å². The Hall–Kier alpha value is -2.16. The molecule has 1 unspecified atom stereocenters. The minimum absolute atomic E-state index is 0.0611. The number of hydrogen-bond donors (Lipinski definition) is 2. The van der Waals surface area contributed by atoms with Crippen LogP contribution < -0.4 is 20.1 Å². The molecule has 4 rings (SSSR count). The maximum Gasteiger partial charge on any atom is 0.227 e. The van der Waals surface area contributed by atoms with Crippen LogP contribution in [-0.2, 0) is 9.53 Å². The van der Waals surface area contributed by atoms with Crippen LogP contribution >= 0.6 is 11.3 Å². The van der Waals surface area contributed by atoms with Gasteiger partial charge in [0, 0.05) is 30.0 Å². The van der Waals surface area contributed by atoms with Crippen molar-refractivity contribution in [2.45, 2.75) is 12.5 Å². The van der Waals surface area contributed by atoms with Crippen LogP contribution in [0.4, 0.5) is 5.13 Å². The molecule has 0 bridgehead atoms. The topological polar surface area (TPSA) is 81.7 Å². The molecule has 1 saturated heterocycles. The predicted molar refractivity (Wildman–Crippen MR) is 94.4 cm³/mol. The number of carbonyl (C=O) groups is 1. The number of morpholine rings is 1. The van der Waals surface area contributed by atoms with Crippen molar-refractivity contribution in [1.29, 1.82) is 0 Å². The van der Waals surface area contributed by atoms with E-state index >= 15 is 0 Å². The Morgan fingerprint density at radius 1 is 1.28 bits per heavy atom. The lowest BCUT2D eigenvalue weighted by Gasteiger charge is -2.22. The molecule has 0 radical (unpaired) electrons. The lowest BCUT2D eigenvalue weighted by Crippen LogP contribution is -2.43. The van der Waals surface area contributed by atoms with Gasteiger partial charge in [-0.05, 0) is 18.2 Å². The Labute approximate surface area is 149 Å². The number of anilines is 1. The molecule has 2 aliphatic heterocycles. The third kappa shape index (κ3) is 3.92. The monoisotopic (exact) mass is 361 g/mol. The standard InChI is InChI=1S/C17H19N3O4S/c21-16(8-12-9-22-4-3-18-12)20-17-19-13(10-25-17)11-1-2-14-15(7-11)24-6-5-23-14/h1-2,7,10,12,18H,3-6,8-9H2,(H,19,20,21). The van der Waals surface area contributed by atoms with Gasteiger partial charge in [-0.15, -0.1) is 11.3 Å². The maximum atomic E-state index is 12.1. The molecular formula is C17H19N3O4S. The second-order valence-corrected chi connectivity index (χ2v) is 6.73. The first-order chi connectivity index (χ1) is 12.3. The molecule has 2 aromatic rings. The lowest BCUT2D eigenvalue weighted by molar-refractivity contribution is -0.117. The molecule has 1 fully saturated rings. The lowest BCUT2D eigenvalue weighted by atomic mass is 10.1. The SMILES string of the molecule is O=C(CC1COCCN1)Nc1nc(-c2ccc3c(c2)OCCO3)cs1. The number of ether oxygens (including phenoxy) is 3. The highest BCUT2D eigenvalue weighted by molar-refractivity contribution is 7.14. The number of amides is 1. The number of hydrogen-bond acceptors (Lipinski definition) is 7. The van der Waals surface area contributed by atoms with Gasteiger partial charge >= 0.3 is 0 Å². The highest BCUT2D eigenvalue weighted by Gasteiger charge is 2.18. The van der Waals surface area contributed by atoms with Gasteiger partial charge in [0.2, 0.25) is 5.91 Å². The van der Waals surface area contributed by atoms with E-state index in [1.54, 1.807) is 0 Å². The third-order valence-corrected chi connectivity index (χ3v) is 4.78. The van der Waals surface area contributed by atoms with Crippen molar-refractivity contribution in [1.82, 2.24) is 10.3 Å². The average Bonchev–Trinajstić information content (AvgIpc) is 3.10. The van der Waals surface area contributed by atoms with Crippen LogP contribution in [0.1, 0.15) is 6.42 Å². The number of benzene rings is 1. The van der Waals surface area contributed by atoms with E-state index in [1.807, 2.05) is 23.6 Å². The van der Waals surface area contributed by atoms with Crippen molar-refractivity contribution in [2.24, 2.45) is 0 Å². The minimum atomic E-state index is -0.0638. The summed E-state index contributed by atoms with van der Waals surface area (Å²) >= 11 is 1.41. The molecule has 2 aliphatic rings. The van der Waals surface area contributed by atoms with Gasteiger partial charge in [0.25, 0.3) is 0 Å². The highest BCUT2D eigenvalue weighted by Crippen LogP contribution is 2.35. The molecule has 0 aliphatic carbocycles. The van der Waals surface area contributed by atoms with Crippen LogP contribution in [0.5, 0.6) is 11.5 Å². The zero-order chi connectivity index (χ0) is 17.1. The third-order valence-electron chi connectivity index (χ3n) is 4.02. The van der Waals surface area contributed by atoms with Gasteiger partial charge in [0.1, 0.15) is 13.2 Å². The smallest absolute Gasteiger partial charge is 0.227 e. The van der Waals surface area contributed by atoms with Crippen molar-refractivity contribution in [3.8, 4) is 22.8 Å². The Morgan fingerprint density at radius 3 is 3.00 bits per heavy atom. The zero-order valence-corrected chi connectivity index (χ0v) is 14.4. The number of carbonyl (C=O) groups excluding carboxylic acids is 1. The first kappa shape index (κ1) is 16.3. The normalized spacial score (nSPS) is 19.4. The summed E-state index contributed by atoms with van der Waals surface area (Å²) in [6, 6.07) is 5.80. The maximum absolute atomic E-state index is 12.1. The molecule has 2 N–H and O–H groups in total. The molecule has 132 valence electrons. The number of aromatic nitrogens is 1. The van der Waals surface area contributed by atoms with E-state index in [-0.39, 0.29) is 11.9 Å². The van der Waals surface area contributed by atoms with Crippen LogP contribution in [0.15, 0.2) is 23.6 Å². The van der Waals surface area contributed by atoms with Crippen LogP contribution in [0, 0.1) is 0 Å². The summed E-state index contributed by atoms with van der Waals surface area (Å²) in [5.41, 5.74) is 1.74. The van der Waals surface area contributed by atoms with Gasteiger partial charge in [-0.25, -0.2) is 4.98 Å². The molecule has 1 atom stereocenters. The van der Waals surface area contributed by atoms with Gasteiger partial charge in [-0.1, -0.05) is 0 Å². The van der Waals surface area contributed by atoms with Gasteiger partial charge in [0.15, 0.2) is 16.6 Å². The Kier molecular flexibility index (Phi) is 4.82. The van der Waals surface area contributed by atoms with Crippen LogP contribution in [-0.4, -0.2) is 49.9 Å². The summed E-state index contributed by atoms with van der Waals surface area (Å²) in [5.74, 6) is 1.41. The molecule has 1 aromatic heterocycles. The Balaban J connectivity index is 1.40. The minimum Gasteiger partial charge on any atom is -0.486 e. The van der Waals surface area contributed by atoms with Crippen LogP contribution in [0.25, 0.3) is 11.3 Å². The summed E-state index contributed by atoms with van der Waals surface area (Å²) in [6.45, 7) is 3.16. The molecule has 0 saturated carbocycles. The first-order valence-corrected chi connectivity index (χ1v) is 9.12.